The van der Waals surface area contributed by atoms with Crippen molar-refractivity contribution in [3.8, 4) is 0 Å². The molecule has 12 heavy (non-hydrogen) atoms. The standard InChI is InChI=1S/C11H22O/c1-8(2)11(12)6-5-9(3)7-10(11)4/h8-10,12H,5-7H2,1-4H3. The predicted molar refractivity (Wildman–Crippen MR) is 52.0 cm³/mol. The van der Waals surface area contributed by atoms with Gasteiger partial charge in [-0.3, -0.25) is 0 Å². The molecule has 72 valence electrons. The molecule has 1 heteroatoms. The summed E-state index contributed by atoms with van der Waals surface area (Å²) in [4.78, 5) is 0. The fourth-order valence-corrected chi connectivity index (χ4v) is 2.51. The van der Waals surface area contributed by atoms with Crippen LogP contribution in [-0.4, -0.2) is 10.7 Å². The SMILES string of the molecule is CC1CCC(O)(C(C)C)C(C)C1. The van der Waals surface area contributed by atoms with Crippen LogP contribution in [0.3, 0.4) is 0 Å². The Morgan fingerprint density at radius 1 is 1.33 bits per heavy atom. The number of rotatable bonds is 1. The van der Waals surface area contributed by atoms with E-state index in [1.807, 2.05) is 0 Å². The first kappa shape index (κ1) is 10.0. The van der Waals surface area contributed by atoms with Gasteiger partial charge in [-0.05, 0) is 37.0 Å². The van der Waals surface area contributed by atoms with Crippen molar-refractivity contribution in [3.05, 3.63) is 0 Å². The van der Waals surface area contributed by atoms with Crippen LogP contribution >= 0.6 is 0 Å². The third-order valence-corrected chi connectivity index (χ3v) is 3.65. The second kappa shape index (κ2) is 3.37. The first-order chi connectivity index (χ1) is 5.47. The van der Waals surface area contributed by atoms with Crippen molar-refractivity contribution < 1.29 is 5.11 Å². The molecule has 1 aliphatic carbocycles. The van der Waals surface area contributed by atoms with Gasteiger partial charge in [-0.15, -0.1) is 0 Å². The molecule has 3 unspecified atom stereocenters. The summed E-state index contributed by atoms with van der Waals surface area (Å²) >= 11 is 0. The molecule has 1 saturated carbocycles. The van der Waals surface area contributed by atoms with Crippen molar-refractivity contribution in [2.24, 2.45) is 17.8 Å². The first-order valence-electron chi connectivity index (χ1n) is 5.19. The summed E-state index contributed by atoms with van der Waals surface area (Å²) < 4.78 is 0. The van der Waals surface area contributed by atoms with Gasteiger partial charge in [-0.1, -0.05) is 27.7 Å². The average Bonchev–Trinajstić information content (AvgIpc) is 1.97. The second-order valence-corrected chi connectivity index (χ2v) is 4.93. The zero-order valence-electron chi connectivity index (χ0n) is 8.80. The lowest BCUT2D eigenvalue weighted by molar-refractivity contribution is -0.0879. The Balaban J connectivity index is 2.66. The lowest BCUT2D eigenvalue weighted by Gasteiger charge is -2.43. The summed E-state index contributed by atoms with van der Waals surface area (Å²) in [6, 6.07) is 0. The van der Waals surface area contributed by atoms with Gasteiger partial charge in [0.25, 0.3) is 0 Å². The van der Waals surface area contributed by atoms with Crippen molar-refractivity contribution in [2.45, 2.75) is 52.6 Å². The molecule has 0 amide bonds. The molecule has 1 N–H and O–H groups in total. The largest absolute Gasteiger partial charge is 0.389 e. The van der Waals surface area contributed by atoms with Crippen molar-refractivity contribution >= 4 is 0 Å². The van der Waals surface area contributed by atoms with E-state index in [4.69, 9.17) is 0 Å². The van der Waals surface area contributed by atoms with Crippen LogP contribution in [0.2, 0.25) is 0 Å². The molecule has 1 fully saturated rings. The Hall–Kier alpha value is -0.0400. The molecule has 0 aromatic carbocycles. The molecule has 0 aliphatic heterocycles. The highest BCUT2D eigenvalue weighted by Crippen LogP contribution is 2.40. The van der Waals surface area contributed by atoms with Gasteiger partial charge in [0.1, 0.15) is 0 Å². The molecule has 0 aromatic rings. The number of hydrogen-bond acceptors (Lipinski definition) is 1. The van der Waals surface area contributed by atoms with Gasteiger partial charge in [-0.25, -0.2) is 0 Å². The molecular weight excluding hydrogens is 148 g/mol. The molecule has 0 heterocycles. The van der Waals surface area contributed by atoms with E-state index in [-0.39, 0.29) is 5.60 Å². The number of aliphatic hydroxyl groups is 1. The molecule has 0 bridgehead atoms. The molecule has 1 aliphatic rings. The minimum absolute atomic E-state index is 0.382. The van der Waals surface area contributed by atoms with Crippen LogP contribution in [0.4, 0.5) is 0 Å². The Morgan fingerprint density at radius 2 is 1.92 bits per heavy atom. The van der Waals surface area contributed by atoms with E-state index >= 15 is 0 Å². The molecule has 0 spiro atoms. The minimum Gasteiger partial charge on any atom is -0.389 e. The first-order valence-corrected chi connectivity index (χ1v) is 5.19. The molecule has 1 rings (SSSR count). The van der Waals surface area contributed by atoms with Crippen LogP contribution in [0.25, 0.3) is 0 Å². The molecule has 3 atom stereocenters. The average molecular weight is 170 g/mol. The lowest BCUT2D eigenvalue weighted by Crippen LogP contribution is -2.45. The quantitative estimate of drug-likeness (QED) is 0.641. The topological polar surface area (TPSA) is 20.2 Å². The van der Waals surface area contributed by atoms with E-state index < -0.39 is 0 Å². The monoisotopic (exact) mass is 170 g/mol. The van der Waals surface area contributed by atoms with E-state index in [2.05, 4.69) is 27.7 Å². The highest BCUT2D eigenvalue weighted by atomic mass is 16.3. The van der Waals surface area contributed by atoms with Crippen molar-refractivity contribution in [2.75, 3.05) is 0 Å². The predicted octanol–water partition coefficient (Wildman–Crippen LogP) is 2.83. The van der Waals surface area contributed by atoms with E-state index in [0.717, 1.165) is 12.3 Å². The molecule has 0 radical (unpaired) electrons. The smallest absolute Gasteiger partial charge is 0.0696 e. The van der Waals surface area contributed by atoms with Gasteiger partial charge in [0.15, 0.2) is 0 Å². The normalized spacial score (nSPS) is 43.5. The molecule has 0 saturated heterocycles. The minimum atomic E-state index is -0.382. The van der Waals surface area contributed by atoms with E-state index in [1.165, 1.54) is 12.8 Å². The van der Waals surface area contributed by atoms with Crippen LogP contribution in [0.1, 0.15) is 47.0 Å². The third kappa shape index (κ3) is 1.66. The van der Waals surface area contributed by atoms with Gasteiger partial charge in [0.2, 0.25) is 0 Å². The summed E-state index contributed by atoms with van der Waals surface area (Å²) in [7, 11) is 0. The Labute approximate surface area is 76.2 Å². The highest BCUT2D eigenvalue weighted by Gasteiger charge is 2.40. The zero-order valence-corrected chi connectivity index (χ0v) is 8.80. The van der Waals surface area contributed by atoms with Crippen LogP contribution in [-0.2, 0) is 0 Å². The lowest BCUT2D eigenvalue weighted by atomic mass is 9.67. The van der Waals surface area contributed by atoms with E-state index in [0.29, 0.717) is 11.8 Å². The van der Waals surface area contributed by atoms with Gasteiger partial charge in [0.05, 0.1) is 5.60 Å². The molecular formula is C11H22O. The van der Waals surface area contributed by atoms with Crippen LogP contribution in [0.5, 0.6) is 0 Å². The summed E-state index contributed by atoms with van der Waals surface area (Å²) in [6.07, 6.45) is 3.38. The maximum atomic E-state index is 10.3. The summed E-state index contributed by atoms with van der Waals surface area (Å²) in [5, 5.41) is 10.3. The zero-order chi connectivity index (χ0) is 9.35. The molecule has 0 aromatic heterocycles. The van der Waals surface area contributed by atoms with Gasteiger partial charge < -0.3 is 5.11 Å². The maximum absolute atomic E-state index is 10.3. The van der Waals surface area contributed by atoms with Crippen LogP contribution in [0, 0.1) is 17.8 Å². The van der Waals surface area contributed by atoms with Crippen LogP contribution in [0.15, 0.2) is 0 Å². The second-order valence-electron chi connectivity index (χ2n) is 4.93. The summed E-state index contributed by atoms with van der Waals surface area (Å²) in [5.74, 6) is 1.68. The Bertz CT molecular complexity index is 153. The van der Waals surface area contributed by atoms with Crippen LogP contribution < -0.4 is 0 Å². The maximum Gasteiger partial charge on any atom is 0.0696 e. The Morgan fingerprint density at radius 3 is 2.33 bits per heavy atom. The van der Waals surface area contributed by atoms with Gasteiger partial charge in [0, 0.05) is 0 Å². The summed E-state index contributed by atoms with van der Waals surface area (Å²) in [5.41, 5.74) is -0.382. The number of hydrogen-bond donors (Lipinski definition) is 1. The Kier molecular flexibility index (Phi) is 2.82. The third-order valence-electron chi connectivity index (χ3n) is 3.65. The molecule has 1 nitrogen and oxygen atoms in total. The van der Waals surface area contributed by atoms with Crippen molar-refractivity contribution in [3.63, 3.8) is 0 Å². The fourth-order valence-electron chi connectivity index (χ4n) is 2.51. The fraction of sp³-hybridized carbons (Fsp3) is 1.00. The van der Waals surface area contributed by atoms with E-state index in [9.17, 15) is 5.11 Å². The van der Waals surface area contributed by atoms with Gasteiger partial charge in [-0.2, -0.15) is 0 Å². The van der Waals surface area contributed by atoms with Crippen molar-refractivity contribution in [1.82, 2.24) is 0 Å². The van der Waals surface area contributed by atoms with E-state index in [1.54, 1.807) is 0 Å². The van der Waals surface area contributed by atoms with Gasteiger partial charge >= 0.3 is 0 Å². The summed E-state index contributed by atoms with van der Waals surface area (Å²) in [6.45, 7) is 8.74. The van der Waals surface area contributed by atoms with Crippen molar-refractivity contribution in [1.29, 1.82) is 0 Å². The highest BCUT2D eigenvalue weighted by molar-refractivity contribution is 4.91.